The van der Waals surface area contributed by atoms with Gasteiger partial charge in [-0.1, -0.05) is 30.3 Å². The number of rotatable bonds is 2. The Morgan fingerprint density at radius 2 is 1.79 bits per heavy atom. The highest BCUT2D eigenvalue weighted by Crippen LogP contribution is 2.22. The van der Waals surface area contributed by atoms with E-state index in [1.165, 1.54) is 0 Å². The van der Waals surface area contributed by atoms with Crippen molar-refractivity contribution in [2.75, 3.05) is 5.32 Å². The van der Waals surface area contributed by atoms with Gasteiger partial charge in [-0.25, -0.2) is 0 Å². The van der Waals surface area contributed by atoms with Crippen LogP contribution in [0.2, 0.25) is 0 Å². The van der Waals surface area contributed by atoms with E-state index in [1.54, 1.807) is 12.3 Å². The summed E-state index contributed by atoms with van der Waals surface area (Å²) >= 11 is 0. The van der Waals surface area contributed by atoms with Crippen molar-refractivity contribution in [3.8, 4) is 6.07 Å². The molecule has 19 heavy (non-hydrogen) atoms. The second-order valence-electron chi connectivity index (χ2n) is 4.20. The Balaban J connectivity index is 1.99. The number of fused-ring (bicyclic) bond motifs is 1. The molecule has 3 nitrogen and oxygen atoms in total. The summed E-state index contributed by atoms with van der Waals surface area (Å²) in [6.07, 6.45) is 1.77. The van der Waals surface area contributed by atoms with E-state index in [4.69, 9.17) is 5.26 Å². The summed E-state index contributed by atoms with van der Waals surface area (Å²) in [7, 11) is 0. The molecule has 0 amide bonds. The van der Waals surface area contributed by atoms with Gasteiger partial charge >= 0.3 is 0 Å². The van der Waals surface area contributed by atoms with Gasteiger partial charge in [-0.2, -0.15) is 5.26 Å². The van der Waals surface area contributed by atoms with Gasteiger partial charge in [0.2, 0.25) is 0 Å². The topological polar surface area (TPSA) is 48.7 Å². The van der Waals surface area contributed by atoms with E-state index in [2.05, 4.69) is 16.4 Å². The summed E-state index contributed by atoms with van der Waals surface area (Å²) in [6, 6.07) is 19.6. The molecule has 1 N–H and O–H groups in total. The molecular weight excluding hydrogens is 234 g/mol. The molecule has 0 bridgehead atoms. The molecule has 0 aliphatic heterocycles. The zero-order chi connectivity index (χ0) is 13.1. The fourth-order valence-corrected chi connectivity index (χ4v) is 1.98. The van der Waals surface area contributed by atoms with Gasteiger partial charge in [0.15, 0.2) is 0 Å². The second-order valence-corrected chi connectivity index (χ2v) is 4.20. The van der Waals surface area contributed by atoms with Crippen LogP contribution in [0.25, 0.3) is 10.9 Å². The molecule has 3 rings (SSSR count). The summed E-state index contributed by atoms with van der Waals surface area (Å²) in [6.45, 7) is 0. The van der Waals surface area contributed by atoms with E-state index in [9.17, 15) is 0 Å². The molecule has 90 valence electrons. The number of hydrogen-bond donors (Lipinski definition) is 1. The molecule has 0 atom stereocenters. The zero-order valence-electron chi connectivity index (χ0n) is 10.2. The highest BCUT2D eigenvalue weighted by atomic mass is 14.9. The fourth-order valence-electron chi connectivity index (χ4n) is 1.98. The van der Waals surface area contributed by atoms with Gasteiger partial charge in [-0.3, -0.25) is 4.98 Å². The Bertz CT molecular complexity index is 772. The van der Waals surface area contributed by atoms with Gasteiger partial charge < -0.3 is 5.32 Å². The number of anilines is 2. The van der Waals surface area contributed by atoms with Crippen LogP contribution in [-0.2, 0) is 0 Å². The van der Waals surface area contributed by atoms with Crippen molar-refractivity contribution in [3.63, 3.8) is 0 Å². The molecule has 2 aromatic carbocycles. The van der Waals surface area contributed by atoms with Gasteiger partial charge in [0.05, 0.1) is 28.7 Å². The molecule has 0 spiro atoms. The maximum absolute atomic E-state index is 9.06. The molecule has 1 aromatic heterocycles. The monoisotopic (exact) mass is 245 g/mol. The number of aromatic nitrogens is 1. The smallest absolute Gasteiger partial charge is 0.101 e. The number of nitrogens with one attached hydrogen (secondary N) is 1. The van der Waals surface area contributed by atoms with Crippen molar-refractivity contribution in [1.29, 1.82) is 5.26 Å². The third kappa shape index (κ3) is 2.24. The van der Waals surface area contributed by atoms with E-state index in [-0.39, 0.29) is 0 Å². The van der Waals surface area contributed by atoms with Gasteiger partial charge in [-0.15, -0.1) is 0 Å². The number of pyridine rings is 1. The number of nitrogens with zero attached hydrogens (tertiary/aromatic N) is 2. The molecule has 0 unspecified atom stereocenters. The van der Waals surface area contributed by atoms with Gasteiger partial charge in [0, 0.05) is 5.39 Å². The Kier molecular flexibility index (Phi) is 2.83. The van der Waals surface area contributed by atoms with E-state index in [0.29, 0.717) is 5.56 Å². The van der Waals surface area contributed by atoms with E-state index in [0.717, 1.165) is 22.3 Å². The lowest BCUT2D eigenvalue weighted by molar-refractivity contribution is 1.39. The van der Waals surface area contributed by atoms with Crippen LogP contribution in [0.5, 0.6) is 0 Å². The van der Waals surface area contributed by atoms with Crippen molar-refractivity contribution in [3.05, 3.63) is 66.4 Å². The average molecular weight is 245 g/mol. The van der Waals surface area contributed by atoms with Crippen LogP contribution < -0.4 is 5.32 Å². The van der Waals surface area contributed by atoms with Crippen molar-refractivity contribution >= 4 is 22.3 Å². The van der Waals surface area contributed by atoms with Crippen LogP contribution in [0.15, 0.2) is 60.8 Å². The molecule has 0 saturated carbocycles. The third-order valence-corrected chi connectivity index (χ3v) is 2.92. The van der Waals surface area contributed by atoms with Gasteiger partial charge in [-0.05, 0) is 24.3 Å². The van der Waals surface area contributed by atoms with E-state index < -0.39 is 0 Å². The maximum Gasteiger partial charge on any atom is 0.101 e. The summed E-state index contributed by atoms with van der Waals surface area (Å²) in [5.74, 6) is 0. The normalized spacial score (nSPS) is 10.1. The Labute approximate surface area is 111 Å². The second kappa shape index (κ2) is 4.79. The standard InChI is InChI=1S/C16H11N3/c17-10-13-6-2-4-8-16(13)19-14-9-12-5-1-3-7-15(12)18-11-14/h1-9,11,19H. The van der Waals surface area contributed by atoms with Crippen molar-refractivity contribution in [2.24, 2.45) is 0 Å². The van der Waals surface area contributed by atoms with Crippen molar-refractivity contribution in [2.45, 2.75) is 0 Å². The lowest BCUT2D eigenvalue weighted by atomic mass is 10.1. The summed E-state index contributed by atoms with van der Waals surface area (Å²) in [5, 5.41) is 13.4. The molecule has 0 saturated heterocycles. The Morgan fingerprint density at radius 1 is 1.00 bits per heavy atom. The first-order valence-electron chi connectivity index (χ1n) is 5.98. The van der Waals surface area contributed by atoms with E-state index >= 15 is 0 Å². The van der Waals surface area contributed by atoms with E-state index in [1.807, 2.05) is 48.5 Å². The van der Waals surface area contributed by atoms with Crippen molar-refractivity contribution in [1.82, 2.24) is 4.98 Å². The minimum absolute atomic E-state index is 0.621. The largest absolute Gasteiger partial charge is 0.353 e. The molecule has 0 fully saturated rings. The van der Waals surface area contributed by atoms with Gasteiger partial charge in [0.25, 0.3) is 0 Å². The van der Waals surface area contributed by atoms with Crippen LogP contribution in [0.3, 0.4) is 0 Å². The van der Waals surface area contributed by atoms with Crippen molar-refractivity contribution < 1.29 is 0 Å². The highest BCUT2D eigenvalue weighted by Gasteiger charge is 2.02. The zero-order valence-corrected chi connectivity index (χ0v) is 10.2. The molecule has 3 aromatic rings. The minimum atomic E-state index is 0.621. The molecule has 0 radical (unpaired) electrons. The first-order chi connectivity index (χ1) is 9.36. The SMILES string of the molecule is N#Cc1ccccc1Nc1cnc2ccccc2c1. The number of para-hydroxylation sites is 2. The van der Waals surface area contributed by atoms with Gasteiger partial charge in [0.1, 0.15) is 6.07 Å². The lowest BCUT2D eigenvalue weighted by Gasteiger charge is -2.08. The third-order valence-electron chi connectivity index (χ3n) is 2.92. The Morgan fingerprint density at radius 3 is 2.68 bits per heavy atom. The predicted molar refractivity (Wildman–Crippen MR) is 76.2 cm³/mol. The maximum atomic E-state index is 9.06. The number of hydrogen-bond acceptors (Lipinski definition) is 3. The summed E-state index contributed by atoms with van der Waals surface area (Å²) in [5.41, 5.74) is 3.25. The molecular formula is C16H11N3. The molecule has 1 heterocycles. The first kappa shape index (κ1) is 11.2. The Hall–Kier alpha value is -2.86. The summed E-state index contributed by atoms with van der Waals surface area (Å²) < 4.78 is 0. The number of benzene rings is 2. The first-order valence-corrected chi connectivity index (χ1v) is 5.98. The summed E-state index contributed by atoms with van der Waals surface area (Å²) in [4.78, 5) is 4.39. The highest BCUT2D eigenvalue weighted by molar-refractivity contribution is 5.82. The molecule has 0 aliphatic carbocycles. The molecule has 0 aliphatic rings. The average Bonchev–Trinajstić information content (AvgIpc) is 2.48. The lowest BCUT2D eigenvalue weighted by Crippen LogP contribution is -1.94. The quantitative estimate of drug-likeness (QED) is 0.746. The van der Waals surface area contributed by atoms with Crippen LogP contribution in [0, 0.1) is 11.3 Å². The number of nitriles is 1. The van der Waals surface area contributed by atoms with Crippen LogP contribution >= 0.6 is 0 Å². The molecule has 3 heteroatoms. The minimum Gasteiger partial charge on any atom is -0.353 e. The predicted octanol–water partition coefficient (Wildman–Crippen LogP) is 3.85. The van der Waals surface area contributed by atoms with Crippen LogP contribution in [-0.4, -0.2) is 4.98 Å². The van der Waals surface area contributed by atoms with Crippen LogP contribution in [0.1, 0.15) is 5.56 Å². The fraction of sp³-hybridized carbons (Fsp3) is 0. The van der Waals surface area contributed by atoms with Crippen LogP contribution in [0.4, 0.5) is 11.4 Å².